The molecule has 0 saturated carbocycles. The molecule has 1 amide bonds. The number of nitrogens with one attached hydrogen (secondary N) is 1. The molecule has 0 aliphatic rings. The van der Waals surface area contributed by atoms with Crippen LogP contribution in [0.15, 0.2) is 59.5 Å². The summed E-state index contributed by atoms with van der Waals surface area (Å²) in [6.45, 7) is 3.71. The number of nitrogens with zero attached hydrogens (tertiary/aromatic N) is 3. The van der Waals surface area contributed by atoms with E-state index in [2.05, 4.69) is 10.4 Å². The van der Waals surface area contributed by atoms with E-state index in [-0.39, 0.29) is 23.1 Å². The molecule has 4 rings (SSSR count). The third-order valence-corrected chi connectivity index (χ3v) is 5.17. The second-order valence-corrected chi connectivity index (χ2v) is 7.69. The van der Waals surface area contributed by atoms with E-state index in [9.17, 15) is 18.4 Å². The number of hydrogen-bond acceptors (Lipinski definition) is 4. The Morgan fingerprint density at radius 2 is 1.82 bits per heavy atom. The van der Waals surface area contributed by atoms with E-state index in [0.717, 1.165) is 35.4 Å². The number of pyridine rings is 1. The number of carbonyl (C=O) groups is 1. The number of amides is 1. The summed E-state index contributed by atoms with van der Waals surface area (Å²) >= 11 is 0. The highest BCUT2D eigenvalue weighted by Crippen LogP contribution is 2.29. The van der Waals surface area contributed by atoms with Crippen molar-refractivity contribution < 1.29 is 22.7 Å². The molecule has 34 heavy (non-hydrogen) atoms. The molecule has 1 atom stereocenters. The Morgan fingerprint density at radius 3 is 2.50 bits per heavy atom. The number of ether oxygens (including phenoxy) is 1. The van der Waals surface area contributed by atoms with E-state index in [4.69, 9.17) is 4.74 Å². The zero-order valence-electron chi connectivity index (χ0n) is 18.4. The molecule has 2 aromatic carbocycles. The van der Waals surface area contributed by atoms with E-state index < -0.39 is 34.7 Å². The molecule has 0 saturated heterocycles. The maximum Gasteiger partial charge on any atom is 0.355 e. The first kappa shape index (κ1) is 23.1. The Hall–Kier alpha value is -4.08. The molecular formula is C24H21F3N4O3. The Kier molecular flexibility index (Phi) is 6.40. The summed E-state index contributed by atoms with van der Waals surface area (Å²) in [5.41, 5.74) is -1.51. The van der Waals surface area contributed by atoms with E-state index in [1.54, 1.807) is 25.1 Å². The van der Waals surface area contributed by atoms with E-state index >= 15 is 4.39 Å². The molecule has 2 heterocycles. The summed E-state index contributed by atoms with van der Waals surface area (Å²) in [6, 6.07) is 10.1. The van der Waals surface area contributed by atoms with Gasteiger partial charge in [-0.1, -0.05) is 25.5 Å². The fraction of sp³-hybridized carbons (Fsp3) is 0.208. The lowest BCUT2D eigenvalue weighted by Gasteiger charge is -2.18. The molecule has 10 heteroatoms. The first-order valence-corrected chi connectivity index (χ1v) is 10.6. The van der Waals surface area contributed by atoms with Crippen LogP contribution in [0, 0.1) is 17.5 Å². The largest absolute Gasteiger partial charge is 0.490 e. The lowest BCUT2D eigenvalue weighted by Crippen LogP contribution is -2.22. The minimum Gasteiger partial charge on any atom is -0.490 e. The van der Waals surface area contributed by atoms with Crippen LogP contribution in [0.4, 0.5) is 18.9 Å². The Balaban J connectivity index is 1.81. The first-order valence-electron chi connectivity index (χ1n) is 10.6. The molecule has 0 spiro atoms. The van der Waals surface area contributed by atoms with Gasteiger partial charge in [0, 0.05) is 12.3 Å². The van der Waals surface area contributed by atoms with Gasteiger partial charge < -0.3 is 10.1 Å². The molecule has 0 aliphatic carbocycles. The molecule has 1 N–H and O–H groups in total. The van der Waals surface area contributed by atoms with Crippen molar-refractivity contribution >= 4 is 17.2 Å². The van der Waals surface area contributed by atoms with Gasteiger partial charge in [0.15, 0.2) is 5.65 Å². The summed E-state index contributed by atoms with van der Waals surface area (Å²) in [5.74, 6) is -3.95. The fourth-order valence-corrected chi connectivity index (χ4v) is 3.54. The number of hydrogen-bond donors (Lipinski definition) is 1. The van der Waals surface area contributed by atoms with Crippen molar-refractivity contribution in [2.45, 2.75) is 32.8 Å². The third kappa shape index (κ3) is 4.39. The molecular weight excluding hydrogens is 449 g/mol. The zero-order chi connectivity index (χ0) is 24.4. The van der Waals surface area contributed by atoms with Gasteiger partial charge in [-0.2, -0.15) is 4.68 Å². The van der Waals surface area contributed by atoms with E-state index in [1.807, 2.05) is 6.92 Å². The maximum absolute atomic E-state index is 15.2. The monoisotopic (exact) mass is 470 g/mol. The van der Waals surface area contributed by atoms with Gasteiger partial charge in [-0.25, -0.2) is 22.4 Å². The lowest BCUT2D eigenvalue weighted by atomic mass is 10.1. The van der Waals surface area contributed by atoms with Crippen LogP contribution in [0.5, 0.6) is 5.75 Å². The van der Waals surface area contributed by atoms with Crippen LogP contribution >= 0.6 is 0 Å². The highest BCUT2D eigenvalue weighted by Gasteiger charge is 2.23. The average Bonchev–Trinajstić information content (AvgIpc) is 3.14. The van der Waals surface area contributed by atoms with Crippen LogP contribution in [0.2, 0.25) is 0 Å². The number of rotatable bonds is 7. The van der Waals surface area contributed by atoms with Crippen molar-refractivity contribution in [3.8, 4) is 11.4 Å². The molecule has 0 bridgehead atoms. The van der Waals surface area contributed by atoms with Gasteiger partial charge in [0.05, 0.1) is 11.7 Å². The first-order chi connectivity index (χ1) is 16.3. The molecule has 176 valence electrons. The van der Waals surface area contributed by atoms with Crippen molar-refractivity contribution in [2.24, 2.45) is 0 Å². The van der Waals surface area contributed by atoms with Crippen molar-refractivity contribution in [1.29, 1.82) is 0 Å². The van der Waals surface area contributed by atoms with Crippen LogP contribution in [0.25, 0.3) is 11.3 Å². The van der Waals surface area contributed by atoms with Crippen LogP contribution in [0.1, 0.15) is 37.0 Å². The molecule has 2 aromatic heterocycles. The summed E-state index contributed by atoms with van der Waals surface area (Å²) in [4.78, 5) is 25.7. The smallest absolute Gasteiger partial charge is 0.355 e. The Bertz CT molecular complexity index is 1410. The highest BCUT2D eigenvalue weighted by molar-refractivity contribution is 6.06. The number of para-hydroxylation sites is 1. The summed E-state index contributed by atoms with van der Waals surface area (Å²) in [7, 11) is 0. The lowest BCUT2D eigenvalue weighted by molar-refractivity contribution is 0.101. The third-order valence-electron chi connectivity index (χ3n) is 5.17. The molecule has 4 aromatic rings. The van der Waals surface area contributed by atoms with Gasteiger partial charge in [-0.05, 0) is 43.7 Å². The second kappa shape index (κ2) is 9.42. The number of carbonyl (C=O) groups excluding carboxylic acids is 1. The normalized spacial score (nSPS) is 12.0. The van der Waals surface area contributed by atoms with E-state index in [1.165, 1.54) is 16.7 Å². The van der Waals surface area contributed by atoms with Crippen LogP contribution < -0.4 is 15.7 Å². The molecule has 0 radical (unpaired) electrons. The van der Waals surface area contributed by atoms with Gasteiger partial charge in [0.2, 0.25) is 0 Å². The minimum absolute atomic E-state index is 0.0597. The predicted octanol–water partition coefficient (Wildman–Crippen LogP) is 4.72. The summed E-state index contributed by atoms with van der Waals surface area (Å²) < 4.78 is 51.2. The Labute approximate surface area is 192 Å². The van der Waals surface area contributed by atoms with Gasteiger partial charge in [0.1, 0.15) is 34.6 Å². The molecule has 7 nitrogen and oxygen atoms in total. The van der Waals surface area contributed by atoms with Crippen LogP contribution in [-0.2, 0) is 0 Å². The number of fused-ring (bicyclic) bond motifs is 1. The topological polar surface area (TPSA) is 77.6 Å². The standard InChI is InChI=1S/C24H21F3N4O3/c1-3-7-14(2)34-20-13-19(31-24(33)30-11-5-4-10-21(30)29-31)18(27)12-15(20)23(32)28-22-16(25)8-6-9-17(22)26/h4-6,8-14H,3,7H2,1-2H3,(H,28,32)/t14-/m0/s1. The zero-order valence-corrected chi connectivity index (χ0v) is 18.4. The number of benzene rings is 2. The van der Waals surface area contributed by atoms with Gasteiger partial charge in [0.25, 0.3) is 5.91 Å². The van der Waals surface area contributed by atoms with Crippen molar-refractivity contribution in [1.82, 2.24) is 14.2 Å². The van der Waals surface area contributed by atoms with Crippen molar-refractivity contribution in [3.05, 3.63) is 88.2 Å². The summed E-state index contributed by atoms with van der Waals surface area (Å²) in [5, 5.41) is 6.27. The Morgan fingerprint density at radius 1 is 1.09 bits per heavy atom. The average molecular weight is 470 g/mol. The second-order valence-electron chi connectivity index (χ2n) is 7.69. The SMILES string of the molecule is CCC[C@H](C)Oc1cc(-n2nc3ccccn3c2=O)c(F)cc1C(=O)Nc1c(F)cccc1F. The molecule has 0 fully saturated rings. The number of aromatic nitrogens is 3. The van der Waals surface area contributed by atoms with Gasteiger partial charge in [-0.3, -0.25) is 4.79 Å². The van der Waals surface area contributed by atoms with Crippen LogP contribution in [0.3, 0.4) is 0 Å². The predicted molar refractivity (Wildman–Crippen MR) is 120 cm³/mol. The quantitative estimate of drug-likeness (QED) is 0.424. The van der Waals surface area contributed by atoms with E-state index in [0.29, 0.717) is 12.1 Å². The van der Waals surface area contributed by atoms with Crippen LogP contribution in [-0.4, -0.2) is 26.2 Å². The minimum atomic E-state index is -0.983. The molecule has 0 aliphatic heterocycles. The number of halogens is 3. The maximum atomic E-state index is 15.2. The number of anilines is 1. The fourth-order valence-electron chi connectivity index (χ4n) is 3.54. The van der Waals surface area contributed by atoms with Crippen molar-refractivity contribution in [2.75, 3.05) is 5.32 Å². The highest BCUT2D eigenvalue weighted by atomic mass is 19.1. The van der Waals surface area contributed by atoms with Gasteiger partial charge >= 0.3 is 5.69 Å². The van der Waals surface area contributed by atoms with Crippen molar-refractivity contribution in [3.63, 3.8) is 0 Å². The molecule has 0 unspecified atom stereocenters. The summed E-state index contributed by atoms with van der Waals surface area (Å²) in [6.07, 6.45) is 2.54. The van der Waals surface area contributed by atoms with Gasteiger partial charge in [-0.15, -0.1) is 5.10 Å².